The van der Waals surface area contributed by atoms with E-state index in [9.17, 15) is 5.11 Å². The van der Waals surface area contributed by atoms with Crippen LogP contribution < -0.4 is 15.4 Å². The Labute approximate surface area is 189 Å². The second kappa shape index (κ2) is 11.5. The lowest BCUT2D eigenvalue weighted by atomic mass is 10.1. The van der Waals surface area contributed by atoms with Crippen LogP contribution >= 0.6 is 0 Å². The highest BCUT2D eigenvalue weighted by molar-refractivity contribution is 5.92. The first-order chi connectivity index (χ1) is 15.5. The van der Waals surface area contributed by atoms with E-state index in [1.807, 2.05) is 25.4 Å². The van der Waals surface area contributed by atoms with E-state index in [1.165, 1.54) is 5.56 Å². The third-order valence-corrected chi connectivity index (χ3v) is 5.41. The van der Waals surface area contributed by atoms with E-state index >= 15 is 0 Å². The van der Waals surface area contributed by atoms with Gasteiger partial charge in [-0.25, -0.2) is 9.97 Å². The largest absolute Gasteiger partial charge is 0.513 e. The van der Waals surface area contributed by atoms with Crippen molar-refractivity contribution in [2.75, 3.05) is 39.6 Å². The first-order valence-electron chi connectivity index (χ1n) is 11.0. The molecule has 3 aromatic rings. The second-order valence-electron chi connectivity index (χ2n) is 8.03. The Balaban J connectivity index is 1.79. The molecular weight excluding hydrogens is 404 g/mol. The minimum atomic E-state index is 0.230. The van der Waals surface area contributed by atoms with Gasteiger partial charge in [0.2, 0.25) is 0 Å². The molecular formula is C24H34N6O2. The molecule has 0 atom stereocenters. The number of allylic oxidation sites excluding steroid dienone is 1. The van der Waals surface area contributed by atoms with Gasteiger partial charge in [0.15, 0.2) is 0 Å². The minimum absolute atomic E-state index is 0.230. The predicted octanol–water partition coefficient (Wildman–Crippen LogP) is 4.15. The zero-order chi connectivity index (χ0) is 22.9. The molecule has 0 aliphatic carbocycles. The summed E-state index contributed by atoms with van der Waals surface area (Å²) in [6, 6.07) is 6.07. The van der Waals surface area contributed by atoms with Crippen molar-refractivity contribution in [1.29, 1.82) is 0 Å². The lowest BCUT2D eigenvalue weighted by molar-refractivity contribution is 0.301. The zero-order valence-corrected chi connectivity index (χ0v) is 19.2. The van der Waals surface area contributed by atoms with Gasteiger partial charge < -0.3 is 30.4 Å². The molecule has 0 aliphatic rings. The predicted molar refractivity (Wildman–Crippen MR) is 130 cm³/mol. The van der Waals surface area contributed by atoms with E-state index in [1.54, 1.807) is 13.4 Å². The summed E-state index contributed by atoms with van der Waals surface area (Å²) in [4.78, 5) is 14.4. The van der Waals surface area contributed by atoms with Crippen LogP contribution in [-0.2, 0) is 13.0 Å². The Hall–Kier alpha value is -3.10. The Morgan fingerprint density at radius 3 is 2.84 bits per heavy atom. The average Bonchev–Trinajstić information content (AvgIpc) is 3.18. The third-order valence-electron chi connectivity index (χ3n) is 5.41. The van der Waals surface area contributed by atoms with Crippen LogP contribution in [0.3, 0.4) is 0 Å². The Morgan fingerprint density at radius 1 is 1.25 bits per heavy atom. The van der Waals surface area contributed by atoms with Crippen molar-refractivity contribution in [3.05, 3.63) is 54.2 Å². The number of H-pyrrole nitrogens is 1. The second-order valence-corrected chi connectivity index (χ2v) is 8.03. The third kappa shape index (κ3) is 6.21. The molecule has 2 heterocycles. The van der Waals surface area contributed by atoms with Crippen LogP contribution in [0.5, 0.6) is 5.75 Å². The van der Waals surface area contributed by atoms with Crippen molar-refractivity contribution >= 4 is 22.5 Å². The van der Waals surface area contributed by atoms with E-state index < -0.39 is 0 Å². The molecule has 0 saturated heterocycles. The number of aliphatic hydroxyl groups excluding tert-OH is 1. The van der Waals surface area contributed by atoms with Crippen LogP contribution in [0.25, 0.3) is 11.0 Å². The summed E-state index contributed by atoms with van der Waals surface area (Å²) in [5.41, 5.74) is 4.06. The van der Waals surface area contributed by atoms with Crippen molar-refractivity contribution in [1.82, 2.24) is 25.2 Å². The Kier molecular flexibility index (Phi) is 8.47. The van der Waals surface area contributed by atoms with Crippen LogP contribution in [0, 0.1) is 0 Å². The monoisotopic (exact) mass is 438 g/mol. The van der Waals surface area contributed by atoms with Crippen LogP contribution in [0.15, 0.2) is 43.1 Å². The van der Waals surface area contributed by atoms with Crippen molar-refractivity contribution in [3.63, 3.8) is 0 Å². The summed E-state index contributed by atoms with van der Waals surface area (Å²) < 4.78 is 5.58. The molecule has 0 unspecified atom stereocenters. The first kappa shape index (κ1) is 23.6. The normalized spacial score (nSPS) is 11.2. The van der Waals surface area contributed by atoms with Gasteiger partial charge >= 0.3 is 0 Å². The first-order valence-corrected chi connectivity index (χ1v) is 11.0. The maximum Gasteiger partial charge on any atom is 0.143 e. The highest BCUT2D eigenvalue weighted by Crippen LogP contribution is 2.30. The highest BCUT2D eigenvalue weighted by Gasteiger charge is 2.13. The number of hydrogen-bond acceptors (Lipinski definition) is 7. The Morgan fingerprint density at radius 2 is 2.09 bits per heavy atom. The Bertz CT molecular complexity index is 1030. The van der Waals surface area contributed by atoms with E-state index in [0.717, 1.165) is 72.7 Å². The summed E-state index contributed by atoms with van der Waals surface area (Å²) in [6.07, 6.45) is 7.05. The fraction of sp³-hybridized carbons (Fsp3) is 0.417. The number of hydrogen-bond donors (Lipinski definition) is 4. The molecule has 4 N–H and O–H groups in total. The number of ether oxygens (including phenoxy) is 1. The van der Waals surface area contributed by atoms with Crippen LogP contribution in [-0.4, -0.2) is 59.3 Å². The maximum absolute atomic E-state index is 9.30. The lowest BCUT2D eigenvalue weighted by Gasteiger charge is -2.19. The van der Waals surface area contributed by atoms with Crippen LogP contribution in [0.4, 0.5) is 11.5 Å². The SMILES string of the molecule is C=C(O)CCCN(C)Cc1cc(Nc2ncnc3[nH]cc(CCCNC)c23)ccc1OC. The number of aromatic amines is 1. The van der Waals surface area contributed by atoms with Crippen molar-refractivity contribution < 1.29 is 9.84 Å². The highest BCUT2D eigenvalue weighted by atomic mass is 16.5. The van der Waals surface area contributed by atoms with Crippen molar-refractivity contribution in [2.24, 2.45) is 0 Å². The van der Waals surface area contributed by atoms with Gasteiger partial charge in [-0.2, -0.15) is 0 Å². The number of anilines is 2. The summed E-state index contributed by atoms with van der Waals surface area (Å²) >= 11 is 0. The van der Waals surface area contributed by atoms with Gasteiger partial charge in [0.05, 0.1) is 18.3 Å². The number of aromatic nitrogens is 3. The van der Waals surface area contributed by atoms with Gasteiger partial charge in [-0.3, -0.25) is 0 Å². The molecule has 32 heavy (non-hydrogen) atoms. The average molecular weight is 439 g/mol. The number of methoxy groups -OCH3 is 1. The summed E-state index contributed by atoms with van der Waals surface area (Å²) in [5.74, 6) is 1.87. The van der Waals surface area contributed by atoms with E-state index in [4.69, 9.17) is 4.74 Å². The molecule has 0 spiro atoms. The molecule has 0 fully saturated rings. The number of nitrogens with one attached hydrogen (secondary N) is 3. The van der Waals surface area contributed by atoms with E-state index in [-0.39, 0.29) is 5.76 Å². The number of aryl methyl sites for hydroxylation is 1. The molecule has 0 amide bonds. The fourth-order valence-electron chi connectivity index (χ4n) is 3.81. The number of benzene rings is 1. The van der Waals surface area contributed by atoms with Gasteiger partial charge in [-0.1, -0.05) is 6.58 Å². The topological polar surface area (TPSA) is 98.3 Å². The standard InChI is InChI=1S/C24H34N6O2/c1-17(31)7-6-12-30(3)15-19-13-20(9-10-21(19)32-4)29-24-22-18(8-5-11-25-2)14-26-23(22)27-16-28-24/h9-10,13-14,16,25,31H,1,5-8,11-12,15H2,2-4H3,(H2,26,27,28,29). The number of fused-ring (bicyclic) bond motifs is 1. The summed E-state index contributed by atoms with van der Waals surface area (Å²) in [5, 5.41) is 17.0. The molecule has 8 heteroatoms. The summed E-state index contributed by atoms with van der Waals surface area (Å²) in [6.45, 7) is 6.10. The number of aliphatic hydroxyl groups is 1. The van der Waals surface area contributed by atoms with Crippen molar-refractivity contribution in [2.45, 2.75) is 32.2 Å². The molecule has 0 saturated carbocycles. The molecule has 2 aromatic heterocycles. The quantitative estimate of drug-likeness (QED) is 0.235. The number of nitrogens with zero attached hydrogens (tertiary/aromatic N) is 3. The van der Waals surface area contributed by atoms with E-state index in [0.29, 0.717) is 6.42 Å². The molecule has 1 aromatic carbocycles. The van der Waals surface area contributed by atoms with Crippen molar-refractivity contribution in [3.8, 4) is 5.75 Å². The number of rotatable bonds is 13. The van der Waals surface area contributed by atoms with Gasteiger partial charge in [0.1, 0.15) is 23.5 Å². The van der Waals surface area contributed by atoms with E-state index in [2.05, 4.69) is 50.2 Å². The molecule has 3 rings (SSSR count). The van der Waals surface area contributed by atoms with Gasteiger partial charge in [0, 0.05) is 30.4 Å². The molecule has 0 radical (unpaired) electrons. The van der Waals surface area contributed by atoms with Gasteiger partial charge in [-0.05, 0) is 70.2 Å². The molecule has 0 bridgehead atoms. The molecule has 0 aliphatic heterocycles. The van der Waals surface area contributed by atoms with Gasteiger partial charge in [0.25, 0.3) is 0 Å². The molecule has 172 valence electrons. The summed E-state index contributed by atoms with van der Waals surface area (Å²) in [7, 11) is 5.71. The lowest BCUT2D eigenvalue weighted by Crippen LogP contribution is -2.19. The maximum atomic E-state index is 9.30. The van der Waals surface area contributed by atoms with Crippen LogP contribution in [0.2, 0.25) is 0 Å². The molecule has 8 nitrogen and oxygen atoms in total. The smallest absolute Gasteiger partial charge is 0.143 e. The van der Waals surface area contributed by atoms with Gasteiger partial charge in [-0.15, -0.1) is 0 Å². The minimum Gasteiger partial charge on any atom is -0.513 e. The zero-order valence-electron chi connectivity index (χ0n) is 19.2. The fourth-order valence-corrected chi connectivity index (χ4v) is 3.81. The van der Waals surface area contributed by atoms with Crippen LogP contribution in [0.1, 0.15) is 30.4 Å².